The number of carbonyl (C=O) groups is 2. The number of para-hydroxylation sites is 1. The van der Waals surface area contributed by atoms with Gasteiger partial charge in [0.2, 0.25) is 11.8 Å². The Kier molecular flexibility index (Phi) is 5.67. The molecule has 0 radical (unpaired) electrons. The second-order valence-electron chi connectivity index (χ2n) is 3.75. The van der Waals surface area contributed by atoms with Crippen LogP contribution in [0.3, 0.4) is 0 Å². The first-order valence-electron chi connectivity index (χ1n) is 5.53. The van der Waals surface area contributed by atoms with Crippen LogP contribution in [0.15, 0.2) is 29.2 Å². The molecule has 2 amide bonds. The minimum absolute atomic E-state index is 0.121. The van der Waals surface area contributed by atoms with Gasteiger partial charge >= 0.3 is 0 Å². The van der Waals surface area contributed by atoms with Gasteiger partial charge in [-0.1, -0.05) is 12.1 Å². The van der Waals surface area contributed by atoms with Crippen LogP contribution < -0.4 is 16.4 Å². The van der Waals surface area contributed by atoms with Crippen molar-refractivity contribution >= 4 is 29.3 Å². The molecule has 1 aromatic rings. The van der Waals surface area contributed by atoms with Crippen LogP contribution in [0, 0.1) is 0 Å². The number of likely N-dealkylation sites (N-methyl/N-ethyl adjacent to an activating group) is 1. The van der Waals surface area contributed by atoms with E-state index < -0.39 is 0 Å². The van der Waals surface area contributed by atoms with Gasteiger partial charge in [0, 0.05) is 4.90 Å². The van der Waals surface area contributed by atoms with Crippen LogP contribution in [-0.4, -0.2) is 30.7 Å². The molecule has 0 spiro atoms. The van der Waals surface area contributed by atoms with Gasteiger partial charge in [0.1, 0.15) is 0 Å². The van der Waals surface area contributed by atoms with Crippen LogP contribution in [0.25, 0.3) is 0 Å². The Morgan fingerprint density at radius 1 is 1.39 bits per heavy atom. The van der Waals surface area contributed by atoms with E-state index >= 15 is 0 Å². The highest BCUT2D eigenvalue weighted by molar-refractivity contribution is 8.00. The molecule has 4 N–H and O–H groups in total. The molecule has 0 saturated carbocycles. The molecule has 1 rings (SSSR count). The van der Waals surface area contributed by atoms with Crippen LogP contribution in [0.5, 0.6) is 0 Å². The molecule has 5 nitrogen and oxygen atoms in total. The third kappa shape index (κ3) is 4.38. The first-order valence-corrected chi connectivity index (χ1v) is 6.51. The third-order valence-corrected chi connectivity index (χ3v) is 3.44. The number of hydrogen-bond acceptors (Lipinski definition) is 4. The van der Waals surface area contributed by atoms with E-state index in [0.717, 1.165) is 4.90 Å². The average molecular weight is 267 g/mol. The zero-order chi connectivity index (χ0) is 13.5. The first-order chi connectivity index (χ1) is 8.54. The third-order valence-electron chi connectivity index (χ3n) is 2.34. The van der Waals surface area contributed by atoms with Gasteiger partial charge in [-0.05, 0) is 26.1 Å². The number of carbonyl (C=O) groups excluding carboxylic acids is 2. The molecule has 0 bridgehead atoms. The number of primary amides is 1. The maximum Gasteiger partial charge on any atom is 0.241 e. The van der Waals surface area contributed by atoms with Gasteiger partial charge < -0.3 is 16.4 Å². The van der Waals surface area contributed by atoms with Gasteiger partial charge in [0.05, 0.1) is 17.5 Å². The monoisotopic (exact) mass is 267 g/mol. The number of nitrogens with one attached hydrogen (secondary N) is 2. The lowest BCUT2D eigenvalue weighted by molar-refractivity contribution is -0.117. The summed E-state index contributed by atoms with van der Waals surface area (Å²) in [6, 6.07) is 7.03. The summed E-state index contributed by atoms with van der Waals surface area (Å²) >= 11 is 1.31. The molecule has 0 aliphatic heterocycles. The number of benzene rings is 1. The van der Waals surface area contributed by atoms with Crippen molar-refractivity contribution in [2.24, 2.45) is 5.73 Å². The molecule has 6 heteroatoms. The normalized spacial score (nSPS) is 11.9. The zero-order valence-corrected chi connectivity index (χ0v) is 11.2. The van der Waals surface area contributed by atoms with Crippen molar-refractivity contribution in [1.82, 2.24) is 5.32 Å². The molecule has 98 valence electrons. The fourth-order valence-corrected chi connectivity index (χ4v) is 1.96. The van der Waals surface area contributed by atoms with Gasteiger partial charge in [-0.2, -0.15) is 0 Å². The van der Waals surface area contributed by atoms with Crippen LogP contribution in [0.4, 0.5) is 5.69 Å². The minimum Gasteiger partial charge on any atom is -0.369 e. The highest BCUT2D eigenvalue weighted by Gasteiger charge is 2.12. The van der Waals surface area contributed by atoms with Crippen LogP contribution >= 0.6 is 11.8 Å². The van der Waals surface area contributed by atoms with Gasteiger partial charge in [-0.15, -0.1) is 11.8 Å². The van der Waals surface area contributed by atoms with Gasteiger partial charge in [-0.25, -0.2) is 0 Å². The first kappa shape index (κ1) is 14.5. The van der Waals surface area contributed by atoms with Crippen molar-refractivity contribution in [3.63, 3.8) is 0 Å². The summed E-state index contributed by atoms with van der Waals surface area (Å²) in [4.78, 5) is 23.4. The standard InChI is InChI=1S/C12H17N3O2S/c1-8(14-2)12(17)15-9-5-3-4-6-10(9)18-7-11(13)16/h3-6,8,14H,7H2,1-2H3,(H2,13,16)(H,15,17). The van der Waals surface area contributed by atoms with Crippen LogP contribution in [0.1, 0.15) is 6.92 Å². The summed E-state index contributed by atoms with van der Waals surface area (Å²) in [5, 5.41) is 5.67. The summed E-state index contributed by atoms with van der Waals surface area (Å²) in [6.07, 6.45) is 0. The van der Waals surface area contributed by atoms with E-state index in [4.69, 9.17) is 5.73 Å². The molecule has 0 aliphatic rings. The van der Waals surface area contributed by atoms with Crippen molar-refractivity contribution < 1.29 is 9.59 Å². The molecule has 0 aromatic heterocycles. The Bertz CT molecular complexity index is 437. The van der Waals surface area contributed by atoms with E-state index in [1.54, 1.807) is 20.0 Å². The molecule has 1 aromatic carbocycles. The summed E-state index contributed by atoms with van der Waals surface area (Å²) in [5.41, 5.74) is 5.79. The molecule has 0 aliphatic carbocycles. The van der Waals surface area contributed by atoms with E-state index in [1.807, 2.05) is 18.2 Å². The topological polar surface area (TPSA) is 84.2 Å². The predicted molar refractivity (Wildman–Crippen MR) is 73.5 cm³/mol. The van der Waals surface area contributed by atoms with Crippen LogP contribution in [-0.2, 0) is 9.59 Å². The Morgan fingerprint density at radius 3 is 2.67 bits per heavy atom. The van der Waals surface area contributed by atoms with E-state index in [1.165, 1.54) is 11.8 Å². The highest BCUT2D eigenvalue weighted by atomic mass is 32.2. The van der Waals surface area contributed by atoms with Gasteiger partial charge in [-0.3, -0.25) is 9.59 Å². The maximum absolute atomic E-state index is 11.8. The minimum atomic E-state index is -0.385. The summed E-state index contributed by atoms with van der Waals surface area (Å²) < 4.78 is 0. The largest absolute Gasteiger partial charge is 0.369 e. The fraction of sp³-hybridized carbons (Fsp3) is 0.333. The lowest BCUT2D eigenvalue weighted by Gasteiger charge is -2.13. The number of rotatable bonds is 6. The summed E-state index contributed by atoms with van der Waals surface area (Å²) in [5.74, 6) is -0.316. The number of amides is 2. The lowest BCUT2D eigenvalue weighted by atomic mass is 10.2. The number of thioether (sulfide) groups is 1. The summed E-state index contributed by atoms with van der Waals surface area (Å²) in [6.45, 7) is 1.77. The number of anilines is 1. The molecular weight excluding hydrogens is 250 g/mol. The molecule has 0 heterocycles. The molecule has 0 fully saturated rings. The quantitative estimate of drug-likeness (QED) is 0.666. The van der Waals surface area contributed by atoms with Crippen molar-refractivity contribution in [2.45, 2.75) is 17.9 Å². The van der Waals surface area contributed by atoms with Crippen molar-refractivity contribution in [1.29, 1.82) is 0 Å². The van der Waals surface area contributed by atoms with E-state index in [-0.39, 0.29) is 23.6 Å². The second-order valence-corrected chi connectivity index (χ2v) is 4.77. The Morgan fingerprint density at radius 2 is 2.06 bits per heavy atom. The Hall–Kier alpha value is -1.53. The van der Waals surface area contributed by atoms with E-state index in [2.05, 4.69) is 10.6 Å². The number of nitrogens with two attached hydrogens (primary N) is 1. The molecule has 18 heavy (non-hydrogen) atoms. The second kappa shape index (κ2) is 7.03. The van der Waals surface area contributed by atoms with E-state index in [9.17, 15) is 9.59 Å². The molecule has 0 saturated heterocycles. The SMILES string of the molecule is CNC(C)C(=O)Nc1ccccc1SCC(N)=O. The van der Waals surface area contributed by atoms with Gasteiger partial charge in [0.15, 0.2) is 0 Å². The van der Waals surface area contributed by atoms with Crippen LogP contribution in [0.2, 0.25) is 0 Å². The fourth-order valence-electron chi connectivity index (χ4n) is 1.22. The molecule has 1 unspecified atom stereocenters. The molecular formula is C12H17N3O2S. The van der Waals surface area contributed by atoms with Gasteiger partial charge in [0.25, 0.3) is 0 Å². The Labute approximate surface area is 111 Å². The lowest BCUT2D eigenvalue weighted by Crippen LogP contribution is -2.35. The van der Waals surface area contributed by atoms with Crippen molar-refractivity contribution in [3.05, 3.63) is 24.3 Å². The zero-order valence-electron chi connectivity index (χ0n) is 10.4. The average Bonchev–Trinajstić information content (AvgIpc) is 2.36. The summed E-state index contributed by atoms with van der Waals surface area (Å²) in [7, 11) is 1.72. The smallest absolute Gasteiger partial charge is 0.241 e. The maximum atomic E-state index is 11.8. The predicted octanol–water partition coefficient (Wildman–Crippen LogP) is 0.810. The van der Waals surface area contributed by atoms with Crippen molar-refractivity contribution in [2.75, 3.05) is 18.1 Å². The van der Waals surface area contributed by atoms with E-state index in [0.29, 0.717) is 5.69 Å². The number of hydrogen-bond donors (Lipinski definition) is 3. The van der Waals surface area contributed by atoms with Crippen molar-refractivity contribution in [3.8, 4) is 0 Å². The Balaban J connectivity index is 2.75. The molecule has 1 atom stereocenters. The highest BCUT2D eigenvalue weighted by Crippen LogP contribution is 2.26.